The van der Waals surface area contributed by atoms with E-state index in [-0.39, 0.29) is 5.56 Å². The molecule has 0 aliphatic rings. The highest BCUT2D eigenvalue weighted by Crippen LogP contribution is 2.07. The Kier molecular flexibility index (Phi) is 2.87. The number of fused-ring (bicyclic) bond motifs is 1. The minimum atomic E-state index is -0.0676. The molecule has 0 saturated carbocycles. The predicted molar refractivity (Wildman–Crippen MR) is 73.0 cm³/mol. The second-order valence-electron chi connectivity index (χ2n) is 4.37. The SMILES string of the molecule is CCn1cncc1Cn1ncc2ccccc2c1=O. The molecule has 3 aromatic rings. The molecule has 0 unspecified atom stereocenters. The molecule has 1 aromatic carbocycles. The average Bonchev–Trinajstić information content (AvgIpc) is 2.89. The zero-order valence-corrected chi connectivity index (χ0v) is 10.7. The Bertz CT molecular complexity index is 772. The van der Waals surface area contributed by atoms with Gasteiger partial charge in [-0.1, -0.05) is 18.2 Å². The van der Waals surface area contributed by atoms with E-state index < -0.39 is 0 Å². The van der Waals surface area contributed by atoms with E-state index in [2.05, 4.69) is 10.1 Å². The number of rotatable bonds is 3. The van der Waals surface area contributed by atoms with Crippen molar-refractivity contribution in [1.82, 2.24) is 19.3 Å². The molecule has 96 valence electrons. The Morgan fingerprint density at radius 2 is 2.05 bits per heavy atom. The fraction of sp³-hybridized carbons (Fsp3) is 0.214. The molecule has 0 N–H and O–H groups in total. The van der Waals surface area contributed by atoms with Gasteiger partial charge in [-0.05, 0) is 13.0 Å². The molecular formula is C14H14N4O. The molecule has 0 atom stereocenters. The van der Waals surface area contributed by atoms with Crippen molar-refractivity contribution in [3.63, 3.8) is 0 Å². The van der Waals surface area contributed by atoms with E-state index in [1.54, 1.807) is 18.7 Å². The van der Waals surface area contributed by atoms with Crippen LogP contribution in [0.25, 0.3) is 10.8 Å². The summed E-state index contributed by atoms with van der Waals surface area (Å²) in [6, 6.07) is 7.49. The Balaban J connectivity index is 2.07. The van der Waals surface area contributed by atoms with Gasteiger partial charge < -0.3 is 4.57 Å². The average molecular weight is 254 g/mol. The molecule has 0 fully saturated rings. The van der Waals surface area contributed by atoms with Gasteiger partial charge in [0, 0.05) is 11.9 Å². The van der Waals surface area contributed by atoms with Crippen LogP contribution in [0.3, 0.4) is 0 Å². The van der Waals surface area contributed by atoms with Crippen molar-refractivity contribution in [2.75, 3.05) is 0 Å². The zero-order chi connectivity index (χ0) is 13.2. The van der Waals surface area contributed by atoms with Crippen LogP contribution in [0.2, 0.25) is 0 Å². The van der Waals surface area contributed by atoms with Crippen LogP contribution in [0.15, 0.2) is 47.8 Å². The first kappa shape index (κ1) is 11.6. The Morgan fingerprint density at radius 1 is 1.21 bits per heavy atom. The van der Waals surface area contributed by atoms with Crippen molar-refractivity contribution in [3.8, 4) is 0 Å². The Hall–Kier alpha value is -2.43. The topological polar surface area (TPSA) is 52.7 Å². The van der Waals surface area contributed by atoms with Crippen molar-refractivity contribution in [3.05, 3.63) is 59.0 Å². The van der Waals surface area contributed by atoms with Gasteiger partial charge in [0.05, 0.1) is 36.3 Å². The van der Waals surface area contributed by atoms with E-state index >= 15 is 0 Å². The third-order valence-corrected chi connectivity index (χ3v) is 3.21. The van der Waals surface area contributed by atoms with Crippen molar-refractivity contribution in [2.24, 2.45) is 0 Å². The third kappa shape index (κ3) is 2.03. The molecule has 0 saturated heterocycles. The van der Waals surface area contributed by atoms with Crippen LogP contribution in [-0.2, 0) is 13.1 Å². The van der Waals surface area contributed by atoms with Crippen LogP contribution in [0.5, 0.6) is 0 Å². The molecule has 0 radical (unpaired) electrons. The Morgan fingerprint density at radius 3 is 2.89 bits per heavy atom. The summed E-state index contributed by atoms with van der Waals surface area (Å²) in [5, 5.41) is 5.78. The number of aryl methyl sites for hydroxylation is 1. The summed E-state index contributed by atoms with van der Waals surface area (Å²) < 4.78 is 3.48. The van der Waals surface area contributed by atoms with Crippen LogP contribution in [0, 0.1) is 0 Å². The van der Waals surface area contributed by atoms with Gasteiger partial charge in [-0.2, -0.15) is 5.10 Å². The minimum absolute atomic E-state index is 0.0676. The maximum absolute atomic E-state index is 12.3. The van der Waals surface area contributed by atoms with E-state index in [0.717, 1.165) is 17.6 Å². The van der Waals surface area contributed by atoms with Gasteiger partial charge in [0.25, 0.3) is 5.56 Å². The van der Waals surface area contributed by atoms with Crippen LogP contribution < -0.4 is 5.56 Å². The van der Waals surface area contributed by atoms with Crippen LogP contribution >= 0.6 is 0 Å². The lowest BCUT2D eigenvalue weighted by Gasteiger charge is -2.07. The van der Waals surface area contributed by atoms with E-state index in [4.69, 9.17) is 0 Å². The van der Waals surface area contributed by atoms with Crippen molar-refractivity contribution in [1.29, 1.82) is 0 Å². The van der Waals surface area contributed by atoms with Crippen LogP contribution in [-0.4, -0.2) is 19.3 Å². The van der Waals surface area contributed by atoms with Gasteiger partial charge in [-0.25, -0.2) is 9.67 Å². The van der Waals surface area contributed by atoms with Gasteiger partial charge in [-0.3, -0.25) is 4.79 Å². The minimum Gasteiger partial charge on any atom is -0.333 e. The number of nitrogens with zero attached hydrogens (tertiary/aromatic N) is 4. The lowest BCUT2D eigenvalue weighted by atomic mass is 10.2. The molecule has 0 spiro atoms. The maximum atomic E-state index is 12.3. The number of imidazole rings is 1. The lowest BCUT2D eigenvalue weighted by Crippen LogP contribution is -2.24. The van der Waals surface area contributed by atoms with Crippen molar-refractivity contribution in [2.45, 2.75) is 20.0 Å². The first-order valence-corrected chi connectivity index (χ1v) is 6.23. The largest absolute Gasteiger partial charge is 0.333 e. The summed E-state index contributed by atoms with van der Waals surface area (Å²) in [5.74, 6) is 0. The first-order valence-electron chi connectivity index (χ1n) is 6.23. The summed E-state index contributed by atoms with van der Waals surface area (Å²) in [6.07, 6.45) is 5.26. The van der Waals surface area contributed by atoms with Gasteiger partial charge in [0.1, 0.15) is 0 Å². The maximum Gasteiger partial charge on any atom is 0.274 e. The lowest BCUT2D eigenvalue weighted by molar-refractivity contribution is 0.599. The Labute approximate surface area is 110 Å². The highest BCUT2D eigenvalue weighted by atomic mass is 16.1. The highest BCUT2D eigenvalue weighted by Gasteiger charge is 2.06. The summed E-state index contributed by atoms with van der Waals surface area (Å²) >= 11 is 0. The highest BCUT2D eigenvalue weighted by molar-refractivity contribution is 5.80. The van der Waals surface area contributed by atoms with E-state index in [1.807, 2.05) is 35.8 Å². The normalized spacial score (nSPS) is 11.0. The molecule has 0 aliphatic carbocycles. The van der Waals surface area contributed by atoms with Gasteiger partial charge >= 0.3 is 0 Å². The number of hydrogen-bond donors (Lipinski definition) is 0. The van der Waals surface area contributed by atoms with Gasteiger partial charge in [-0.15, -0.1) is 0 Å². The first-order chi connectivity index (χ1) is 9.29. The fourth-order valence-electron chi connectivity index (χ4n) is 2.16. The van der Waals surface area contributed by atoms with E-state index in [1.165, 1.54) is 4.68 Å². The molecule has 19 heavy (non-hydrogen) atoms. The summed E-state index contributed by atoms with van der Waals surface area (Å²) in [5.41, 5.74) is 0.911. The molecule has 3 rings (SSSR count). The number of benzene rings is 1. The summed E-state index contributed by atoms with van der Waals surface area (Å²) in [6.45, 7) is 3.32. The molecular weight excluding hydrogens is 240 g/mol. The zero-order valence-electron chi connectivity index (χ0n) is 10.7. The van der Waals surface area contributed by atoms with Gasteiger partial charge in [0.2, 0.25) is 0 Å². The molecule has 2 aromatic heterocycles. The molecule has 5 nitrogen and oxygen atoms in total. The standard InChI is InChI=1S/C14H14N4O/c1-2-17-10-15-8-12(17)9-18-14(19)13-6-4-3-5-11(13)7-16-18/h3-8,10H,2,9H2,1H3. The smallest absolute Gasteiger partial charge is 0.274 e. The quantitative estimate of drug-likeness (QED) is 0.714. The summed E-state index contributed by atoms with van der Waals surface area (Å²) in [4.78, 5) is 16.4. The molecule has 0 amide bonds. The fourth-order valence-corrected chi connectivity index (χ4v) is 2.16. The molecule has 2 heterocycles. The predicted octanol–water partition coefficient (Wildman–Crippen LogP) is 1.66. The van der Waals surface area contributed by atoms with Crippen LogP contribution in [0.4, 0.5) is 0 Å². The molecule has 5 heteroatoms. The number of aromatic nitrogens is 4. The van der Waals surface area contributed by atoms with E-state index in [0.29, 0.717) is 11.9 Å². The second kappa shape index (κ2) is 4.68. The van der Waals surface area contributed by atoms with Crippen molar-refractivity contribution >= 4 is 10.8 Å². The second-order valence-corrected chi connectivity index (χ2v) is 4.37. The van der Waals surface area contributed by atoms with Crippen molar-refractivity contribution < 1.29 is 0 Å². The molecule has 0 aliphatic heterocycles. The molecule has 0 bridgehead atoms. The third-order valence-electron chi connectivity index (χ3n) is 3.21. The number of hydrogen-bond acceptors (Lipinski definition) is 3. The van der Waals surface area contributed by atoms with Gasteiger partial charge in [0.15, 0.2) is 0 Å². The summed E-state index contributed by atoms with van der Waals surface area (Å²) in [7, 11) is 0. The van der Waals surface area contributed by atoms with E-state index in [9.17, 15) is 4.79 Å². The van der Waals surface area contributed by atoms with Crippen LogP contribution in [0.1, 0.15) is 12.6 Å². The monoisotopic (exact) mass is 254 g/mol.